The molecule has 1 aromatic carbocycles. The summed E-state index contributed by atoms with van der Waals surface area (Å²) in [4.78, 5) is 0.0771. The first kappa shape index (κ1) is 11.3. The highest BCUT2D eigenvalue weighted by molar-refractivity contribution is 7.80. The third-order valence-corrected chi connectivity index (χ3v) is 2.75. The Kier molecular flexibility index (Phi) is 3.36. The molecule has 1 saturated heterocycles. The standard InChI is InChI=1S/C11H13FN2OS/c12-10-5-7(1-2-9(10)11(13)16)14-8-3-4-15-6-8/h1-2,5,8,14H,3-4,6H2,(H2,13,16). The first-order chi connectivity index (χ1) is 7.66. The molecule has 0 aliphatic carbocycles. The first-order valence-electron chi connectivity index (χ1n) is 5.10. The Balaban J connectivity index is 2.11. The maximum atomic E-state index is 13.5. The summed E-state index contributed by atoms with van der Waals surface area (Å²) >= 11 is 4.73. The van der Waals surface area contributed by atoms with E-state index < -0.39 is 5.82 Å². The van der Waals surface area contributed by atoms with Crippen molar-refractivity contribution in [3.63, 3.8) is 0 Å². The summed E-state index contributed by atoms with van der Waals surface area (Å²) in [7, 11) is 0. The van der Waals surface area contributed by atoms with Crippen LogP contribution < -0.4 is 11.1 Å². The van der Waals surface area contributed by atoms with Crippen molar-refractivity contribution in [2.45, 2.75) is 12.5 Å². The van der Waals surface area contributed by atoms with Crippen molar-refractivity contribution in [2.75, 3.05) is 18.5 Å². The van der Waals surface area contributed by atoms with Gasteiger partial charge in [-0.1, -0.05) is 12.2 Å². The molecule has 0 amide bonds. The van der Waals surface area contributed by atoms with Gasteiger partial charge in [-0.2, -0.15) is 0 Å². The number of benzene rings is 1. The summed E-state index contributed by atoms with van der Waals surface area (Å²) in [6.45, 7) is 1.42. The van der Waals surface area contributed by atoms with Crippen molar-refractivity contribution in [3.8, 4) is 0 Å². The summed E-state index contributed by atoms with van der Waals surface area (Å²) in [6, 6.07) is 5.04. The molecule has 2 rings (SSSR count). The van der Waals surface area contributed by atoms with Crippen LogP contribution in [0, 0.1) is 5.82 Å². The van der Waals surface area contributed by atoms with E-state index in [0.717, 1.165) is 18.7 Å². The van der Waals surface area contributed by atoms with Gasteiger partial charge in [-0.05, 0) is 24.6 Å². The molecule has 0 radical (unpaired) electrons. The van der Waals surface area contributed by atoms with E-state index in [1.807, 2.05) is 0 Å². The van der Waals surface area contributed by atoms with Gasteiger partial charge < -0.3 is 15.8 Å². The fourth-order valence-corrected chi connectivity index (χ4v) is 1.85. The third kappa shape index (κ3) is 2.48. The predicted molar refractivity (Wildman–Crippen MR) is 65.1 cm³/mol. The number of hydrogen-bond donors (Lipinski definition) is 2. The van der Waals surface area contributed by atoms with Gasteiger partial charge in [0.2, 0.25) is 0 Å². The van der Waals surface area contributed by atoms with Crippen molar-refractivity contribution in [1.29, 1.82) is 0 Å². The van der Waals surface area contributed by atoms with Crippen LogP contribution in [0.15, 0.2) is 18.2 Å². The highest BCUT2D eigenvalue weighted by atomic mass is 32.1. The Morgan fingerprint density at radius 1 is 1.56 bits per heavy atom. The number of ether oxygens (including phenoxy) is 1. The molecule has 5 heteroatoms. The minimum absolute atomic E-state index is 0.0771. The van der Waals surface area contributed by atoms with Gasteiger partial charge in [0.1, 0.15) is 10.8 Å². The lowest BCUT2D eigenvalue weighted by Gasteiger charge is -2.12. The molecule has 3 N–H and O–H groups in total. The van der Waals surface area contributed by atoms with E-state index in [1.165, 1.54) is 6.07 Å². The Bertz CT molecular complexity index is 405. The van der Waals surface area contributed by atoms with Gasteiger partial charge in [0.25, 0.3) is 0 Å². The number of thiocarbonyl (C=S) groups is 1. The molecule has 0 spiro atoms. The molecule has 1 aromatic rings. The Morgan fingerprint density at radius 3 is 2.94 bits per heavy atom. The molecule has 1 heterocycles. The van der Waals surface area contributed by atoms with Crippen LogP contribution in [-0.4, -0.2) is 24.2 Å². The zero-order valence-electron chi connectivity index (χ0n) is 8.70. The van der Waals surface area contributed by atoms with Gasteiger partial charge in [-0.3, -0.25) is 0 Å². The van der Waals surface area contributed by atoms with E-state index in [9.17, 15) is 4.39 Å². The van der Waals surface area contributed by atoms with Crippen molar-refractivity contribution in [1.82, 2.24) is 0 Å². The van der Waals surface area contributed by atoms with E-state index in [2.05, 4.69) is 5.32 Å². The van der Waals surface area contributed by atoms with Crippen molar-refractivity contribution < 1.29 is 9.13 Å². The van der Waals surface area contributed by atoms with E-state index in [0.29, 0.717) is 6.61 Å². The molecule has 3 nitrogen and oxygen atoms in total. The number of nitrogens with one attached hydrogen (secondary N) is 1. The molecule has 1 unspecified atom stereocenters. The number of nitrogens with two attached hydrogens (primary N) is 1. The minimum atomic E-state index is -0.392. The van der Waals surface area contributed by atoms with Crippen LogP contribution in [0.1, 0.15) is 12.0 Å². The van der Waals surface area contributed by atoms with E-state index in [-0.39, 0.29) is 16.6 Å². The molecular weight excluding hydrogens is 227 g/mol. The quantitative estimate of drug-likeness (QED) is 0.789. The molecule has 86 valence electrons. The predicted octanol–water partition coefficient (Wildman–Crippen LogP) is 1.66. The van der Waals surface area contributed by atoms with Gasteiger partial charge in [0.05, 0.1) is 12.6 Å². The Labute approximate surface area is 98.8 Å². The maximum absolute atomic E-state index is 13.5. The van der Waals surface area contributed by atoms with Gasteiger partial charge >= 0.3 is 0 Å². The molecular formula is C11H13FN2OS. The molecule has 16 heavy (non-hydrogen) atoms. The van der Waals surface area contributed by atoms with Crippen LogP contribution in [0.2, 0.25) is 0 Å². The highest BCUT2D eigenvalue weighted by Crippen LogP contribution is 2.17. The molecule has 1 aliphatic rings. The average Bonchev–Trinajstić information content (AvgIpc) is 2.70. The fraction of sp³-hybridized carbons (Fsp3) is 0.364. The SMILES string of the molecule is NC(=S)c1ccc(NC2CCOC2)cc1F. The van der Waals surface area contributed by atoms with E-state index in [4.69, 9.17) is 22.7 Å². The summed E-state index contributed by atoms with van der Waals surface area (Å²) in [6.07, 6.45) is 0.943. The van der Waals surface area contributed by atoms with Gasteiger partial charge in [0, 0.05) is 17.9 Å². The molecule has 1 fully saturated rings. The van der Waals surface area contributed by atoms with Crippen LogP contribution in [-0.2, 0) is 4.74 Å². The average molecular weight is 240 g/mol. The second kappa shape index (κ2) is 4.76. The van der Waals surface area contributed by atoms with Crippen LogP contribution in [0.25, 0.3) is 0 Å². The molecule has 1 atom stereocenters. The Morgan fingerprint density at radius 2 is 2.38 bits per heavy atom. The lowest BCUT2D eigenvalue weighted by atomic mass is 10.1. The number of anilines is 1. The topological polar surface area (TPSA) is 47.3 Å². The minimum Gasteiger partial charge on any atom is -0.389 e. The maximum Gasteiger partial charge on any atom is 0.135 e. The fourth-order valence-electron chi connectivity index (χ4n) is 1.69. The summed E-state index contributed by atoms with van der Waals surface area (Å²) < 4.78 is 18.8. The lowest BCUT2D eigenvalue weighted by molar-refractivity contribution is 0.195. The second-order valence-corrected chi connectivity index (χ2v) is 4.20. The number of hydrogen-bond acceptors (Lipinski definition) is 3. The number of halogens is 1. The van der Waals surface area contributed by atoms with Gasteiger partial charge in [-0.15, -0.1) is 0 Å². The van der Waals surface area contributed by atoms with Crippen molar-refractivity contribution in [2.24, 2.45) is 5.73 Å². The first-order valence-corrected chi connectivity index (χ1v) is 5.51. The normalized spacial score (nSPS) is 19.7. The molecule has 0 saturated carbocycles. The largest absolute Gasteiger partial charge is 0.389 e. The lowest BCUT2D eigenvalue weighted by Crippen LogP contribution is -2.19. The van der Waals surface area contributed by atoms with Gasteiger partial charge in [0.15, 0.2) is 0 Å². The number of rotatable bonds is 3. The summed E-state index contributed by atoms with van der Waals surface area (Å²) in [5, 5.41) is 3.20. The van der Waals surface area contributed by atoms with Crippen LogP contribution >= 0.6 is 12.2 Å². The highest BCUT2D eigenvalue weighted by Gasteiger charge is 2.15. The van der Waals surface area contributed by atoms with Crippen LogP contribution in [0.3, 0.4) is 0 Å². The Hall–Kier alpha value is -1.20. The second-order valence-electron chi connectivity index (χ2n) is 3.76. The van der Waals surface area contributed by atoms with Crippen molar-refractivity contribution >= 4 is 22.9 Å². The molecule has 0 bridgehead atoms. The summed E-state index contributed by atoms with van der Waals surface area (Å²) in [5.41, 5.74) is 6.39. The van der Waals surface area contributed by atoms with E-state index in [1.54, 1.807) is 12.1 Å². The smallest absolute Gasteiger partial charge is 0.135 e. The molecule has 1 aliphatic heterocycles. The summed E-state index contributed by atoms with van der Waals surface area (Å²) in [5.74, 6) is -0.392. The molecule has 0 aromatic heterocycles. The third-order valence-electron chi connectivity index (χ3n) is 2.54. The zero-order chi connectivity index (χ0) is 11.5. The monoisotopic (exact) mass is 240 g/mol. The van der Waals surface area contributed by atoms with Gasteiger partial charge in [-0.25, -0.2) is 4.39 Å². The van der Waals surface area contributed by atoms with Crippen molar-refractivity contribution in [3.05, 3.63) is 29.6 Å². The zero-order valence-corrected chi connectivity index (χ0v) is 9.52. The van der Waals surface area contributed by atoms with Crippen LogP contribution in [0.4, 0.5) is 10.1 Å². The van der Waals surface area contributed by atoms with E-state index >= 15 is 0 Å². The van der Waals surface area contributed by atoms with Crippen LogP contribution in [0.5, 0.6) is 0 Å².